The van der Waals surface area contributed by atoms with Crippen LogP contribution in [-0.4, -0.2) is 111 Å². The number of amides is 1. The molecule has 8 rings (SSSR count). The zero-order chi connectivity index (χ0) is 34.1. The van der Waals surface area contributed by atoms with Gasteiger partial charge in [0.15, 0.2) is 22.6 Å². The summed E-state index contributed by atoms with van der Waals surface area (Å²) in [5.41, 5.74) is 8.01. The fraction of sp³-hybridized carbons (Fsp3) is 0.361. The summed E-state index contributed by atoms with van der Waals surface area (Å²) in [5, 5.41) is 9.89. The largest absolute Gasteiger partial charge is 0.494 e. The maximum atomic E-state index is 14.7. The highest BCUT2D eigenvalue weighted by Crippen LogP contribution is 2.34. The van der Waals surface area contributed by atoms with Crippen molar-refractivity contribution in [1.29, 1.82) is 0 Å². The van der Waals surface area contributed by atoms with E-state index >= 15 is 0 Å². The van der Waals surface area contributed by atoms with Gasteiger partial charge in [0, 0.05) is 51.5 Å². The molecule has 50 heavy (non-hydrogen) atoms. The predicted molar refractivity (Wildman–Crippen MR) is 188 cm³/mol. The van der Waals surface area contributed by atoms with Gasteiger partial charge < -0.3 is 29.4 Å². The molecule has 1 atom stereocenters. The van der Waals surface area contributed by atoms with Crippen molar-refractivity contribution in [1.82, 2.24) is 39.2 Å². The van der Waals surface area contributed by atoms with Gasteiger partial charge >= 0.3 is 0 Å². The van der Waals surface area contributed by atoms with Crippen LogP contribution in [0.3, 0.4) is 0 Å². The molecule has 0 saturated carbocycles. The van der Waals surface area contributed by atoms with Gasteiger partial charge in [0.05, 0.1) is 37.7 Å². The molecule has 2 aliphatic rings. The molecule has 0 radical (unpaired) electrons. The lowest BCUT2D eigenvalue weighted by atomic mass is 9.90. The van der Waals surface area contributed by atoms with Gasteiger partial charge in [0.2, 0.25) is 11.8 Å². The Morgan fingerprint density at radius 2 is 1.70 bits per heavy atom. The van der Waals surface area contributed by atoms with Crippen LogP contribution >= 0.6 is 0 Å². The van der Waals surface area contributed by atoms with Crippen LogP contribution < -0.4 is 15.4 Å². The summed E-state index contributed by atoms with van der Waals surface area (Å²) < 4.78 is 20.1. The Morgan fingerprint density at radius 1 is 0.920 bits per heavy atom. The van der Waals surface area contributed by atoms with Gasteiger partial charge in [-0.05, 0) is 55.3 Å². The van der Waals surface area contributed by atoms with Gasteiger partial charge in [-0.15, -0.1) is 5.10 Å². The molecular weight excluding hydrogens is 636 g/mol. The number of hydrogen-bond donors (Lipinski definition) is 1. The Morgan fingerprint density at radius 3 is 2.44 bits per heavy atom. The Kier molecular flexibility index (Phi) is 8.54. The van der Waals surface area contributed by atoms with Gasteiger partial charge in [0.1, 0.15) is 5.75 Å². The Bertz CT molecular complexity index is 2070. The fourth-order valence-corrected chi connectivity index (χ4v) is 6.88. The number of carbonyl (C=O) groups excluding carboxylic acids is 1. The molecular formula is C36H40N10O4. The SMILES string of the molecule is C[C@](C(=O)N1CCN(c2ccc(OCCCN3CCOCC3)cc2)CC1)(c1ccccc1)n1ncc2c1nc(N)n1nc(-c3ccco3)nc21. The fourth-order valence-electron chi connectivity index (χ4n) is 6.88. The predicted octanol–water partition coefficient (Wildman–Crippen LogP) is 3.53. The zero-order valence-corrected chi connectivity index (χ0v) is 28.0. The number of nitrogen functional groups attached to an aromatic ring is 1. The molecule has 2 N–H and O–H groups in total. The summed E-state index contributed by atoms with van der Waals surface area (Å²) in [6.07, 6.45) is 4.21. The van der Waals surface area contributed by atoms with E-state index in [2.05, 4.69) is 27.0 Å². The minimum Gasteiger partial charge on any atom is -0.494 e. The first-order valence-electron chi connectivity index (χ1n) is 17.1. The second-order valence-electron chi connectivity index (χ2n) is 12.8. The first kappa shape index (κ1) is 31.8. The second kappa shape index (κ2) is 13.4. The molecule has 0 unspecified atom stereocenters. The maximum absolute atomic E-state index is 14.7. The van der Waals surface area contributed by atoms with Crippen LogP contribution in [0, 0.1) is 0 Å². The Balaban J connectivity index is 0.989. The number of carbonyl (C=O) groups is 1. The van der Waals surface area contributed by atoms with E-state index in [9.17, 15) is 4.79 Å². The summed E-state index contributed by atoms with van der Waals surface area (Å²) in [6, 6.07) is 21.5. The Hall–Kier alpha value is -5.47. The molecule has 14 nitrogen and oxygen atoms in total. The number of nitrogens with zero attached hydrogens (tertiary/aromatic N) is 9. The monoisotopic (exact) mass is 676 g/mol. The van der Waals surface area contributed by atoms with Gasteiger partial charge in [-0.3, -0.25) is 9.69 Å². The number of ether oxygens (including phenoxy) is 2. The molecule has 4 aromatic heterocycles. The standard InChI is InChI=1S/C36H40N10O4/c1-36(26-7-3-2-4-8-26,46-33-29(25-38-46)32-39-31(30-9-5-21-50-30)41-45(32)35(37)40-33)34(47)44-17-15-43(16-18-44)27-10-12-28(13-11-27)49-22-6-14-42-19-23-48-24-20-42/h2-5,7-13,21,25H,6,14-20,22-24H2,1H3,(H2,37,40)/t36-/m1/s1. The molecule has 2 saturated heterocycles. The lowest BCUT2D eigenvalue weighted by Crippen LogP contribution is -2.56. The number of morpholine rings is 1. The number of nitrogens with two attached hydrogens (primary N) is 1. The molecule has 258 valence electrons. The third kappa shape index (κ3) is 5.90. The molecule has 2 aromatic carbocycles. The summed E-state index contributed by atoms with van der Waals surface area (Å²) in [4.78, 5) is 30.7. The van der Waals surface area contributed by atoms with Crippen molar-refractivity contribution in [2.45, 2.75) is 18.9 Å². The van der Waals surface area contributed by atoms with E-state index in [0.717, 1.165) is 56.3 Å². The number of furan rings is 1. The Labute approximate surface area is 289 Å². The van der Waals surface area contributed by atoms with Gasteiger partial charge in [-0.25, -0.2) is 9.67 Å². The smallest absolute Gasteiger partial charge is 0.255 e. The van der Waals surface area contributed by atoms with Crippen LogP contribution in [-0.2, 0) is 15.1 Å². The molecule has 0 spiro atoms. The first-order valence-corrected chi connectivity index (χ1v) is 17.1. The number of benzene rings is 2. The maximum Gasteiger partial charge on any atom is 0.255 e. The van der Waals surface area contributed by atoms with E-state index < -0.39 is 5.54 Å². The van der Waals surface area contributed by atoms with E-state index in [1.54, 1.807) is 29.3 Å². The van der Waals surface area contributed by atoms with Crippen LogP contribution in [0.15, 0.2) is 83.6 Å². The minimum absolute atomic E-state index is 0.0767. The normalized spacial score (nSPS) is 17.0. The van der Waals surface area contributed by atoms with Crippen molar-refractivity contribution >= 4 is 34.2 Å². The number of aromatic nitrogens is 6. The quantitative estimate of drug-likeness (QED) is 0.213. The zero-order valence-electron chi connectivity index (χ0n) is 28.0. The van der Waals surface area contributed by atoms with Crippen LogP contribution in [0.25, 0.3) is 28.3 Å². The summed E-state index contributed by atoms with van der Waals surface area (Å²) in [7, 11) is 0. The third-order valence-electron chi connectivity index (χ3n) is 9.71. The van der Waals surface area contributed by atoms with E-state index in [-0.39, 0.29) is 11.9 Å². The highest BCUT2D eigenvalue weighted by Gasteiger charge is 2.43. The van der Waals surface area contributed by atoms with Crippen LogP contribution in [0.4, 0.5) is 11.6 Å². The molecule has 6 aromatic rings. The average molecular weight is 677 g/mol. The van der Waals surface area contributed by atoms with Gasteiger partial charge in [0.25, 0.3) is 5.91 Å². The average Bonchev–Trinajstić information content (AvgIpc) is 3.95. The van der Waals surface area contributed by atoms with Crippen LogP contribution in [0.1, 0.15) is 18.9 Å². The lowest BCUT2D eigenvalue weighted by molar-refractivity contribution is -0.138. The topological polar surface area (TPSA) is 145 Å². The lowest BCUT2D eigenvalue weighted by Gasteiger charge is -2.40. The highest BCUT2D eigenvalue weighted by molar-refractivity contribution is 5.94. The van der Waals surface area contributed by atoms with E-state index in [0.29, 0.717) is 61.1 Å². The van der Waals surface area contributed by atoms with Crippen molar-refractivity contribution in [2.75, 3.05) is 76.3 Å². The number of fused-ring (bicyclic) bond motifs is 3. The minimum atomic E-state index is -1.21. The van der Waals surface area contributed by atoms with Crippen LogP contribution in [0.5, 0.6) is 5.75 Å². The molecule has 1 amide bonds. The van der Waals surface area contributed by atoms with Crippen molar-refractivity contribution in [2.24, 2.45) is 0 Å². The summed E-state index contributed by atoms with van der Waals surface area (Å²) in [6.45, 7) is 9.70. The molecule has 0 bridgehead atoms. The van der Waals surface area contributed by atoms with E-state index in [1.165, 1.54) is 4.52 Å². The molecule has 14 heteroatoms. The van der Waals surface area contributed by atoms with Gasteiger partial charge in [-0.1, -0.05) is 30.3 Å². The number of anilines is 2. The second-order valence-corrected chi connectivity index (χ2v) is 12.8. The van der Waals surface area contributed by atoms with Crippen molar-refractivity contribution < 1.29 is 18.7 Å². The summed E-state index contributed by atoms with van der Waals surface area (Å²) >= 11 is 0. The van der Waals surface area contributed by atoms with Gasteiger partial charge in [-0.2, -0.15) is 14.6 Å². The summed E-state index contributed by atoms with van der Waals surface area (Å²) in [5.74, 6) is 1.80. The van der Waals surface area contributed by atoms with E-state index in [1.807, 2.05) is 54.3 Å². The van der Waals surface area contributed by atoms with Crippen molar-refractivity contribution in [3.63, 3.8) is 0 Å². The molecule has 2 aliphatic heterocycles. The molecule has 2 fully saturated rings. The van der Waals surface area contributed by atoms with E-state index in [4.69, 9.17) is 34.7 Å². The third-order valence-corrected chi connectivity index (χ3v) is 9.71. The molecule has 6 heterocycles. The highest BCUT2D eigenvalue weighted by atomic mass is 16.5. The molecule has 0 aliphatic carbocycles. The number of rotatable bonds is 10. The van der Waals surface area contributed by atoms with Crippen molar-refractivity contribution in [3.05, 3.63) is 84.8 Å². The number of piperazine rings is 1. The first-order chi connectivity index (χ1) is 24.5. The van der Waals surface area contributed by atoms with Crippen LogP contribution in [0.2, 0.25) is 0 Å². The van der Waals surface area contributed by atoms with Crippen molar-refractivity contribution in [3.8, 4) is 17.3 Å². The number of hydrogen-bond acceptors (Lipinski definition) is 11.